The van der Waals surface area contributed by atoms with Crippen molar-refractivity contribution in [2.75, 3.05) is 11.7 Å². The van der Waals surface area contributed by atoms with Crippen molar-refractivity contribution < 1.29 is 9.05 Å². The van der Waals surface area contributed by atoms with E-state index in [4.69, 9.17) is 20.9 Å². The molecule has 1 aromatic rings. The fraction of sp³-hybridized carbons (Fsp3) is 0.455. The van der Waals surface area contributed by atoms with E-state index in [1.807, 2.05) is 38.1 Å². The molecule has 2 unspecified atom stereocenters. The van der Waals surface area contributed by atoms with Crippen LogP contribution >= 0.6 is 6.64 Å². The SMILES string of the molecule is Cc1ccccc1NP1(=S)OCCC(C)O1. The Morgan fingerprint density at radius 2 is 2.19 bits per heavy atom. The maximum absolute atomic E-state index is 5.73. The highest BCUT2D eigenvalue weighted by Gasteiger charge is 2.27. The predicted octanol–water partition coefficient (Wildman–Crippen LogP) is 3.46. The molecule has 0 bridgehead atoms. The van der Waals surface area contributed by atoms with E-state index in [0.29, 0.717) is 6.61 Å². The summed E-state index contributed by atoms with van der Waals surface area (Å²) in [6, 6.07) is 8.01. The Bertz CT molecular complexity index is 424. The van der Waals surface area contributed by atoms with Crippen LogP contribution in [0.2, 0.25) is 0 Å². The average Bonchev–Trinajstić information content (AvgIpc) is 2.21. The molecule has 0 aliphatic carbocycles. The first-order chi connectivity index (χ1) is 7.59. The van der Waals surface area contributed by atoms with Gasteiger partial charge in [-0.05, 0) is 43.7 Å². The molecule has 1 N–H and O–H groups in total. The van der Waals surface area contributed by atoms with Gasteiger partial charge in [0.25, 0.3) is 6.64 Å². The van der Waals surface area contributed by atoms with Gasteiger partial charge in [-0.1, -0.05) is 18.2 Å². The van der Waals surface area contributed by atoms with Gasteiger partial charge in [0, 0.05) is 5.69 Å². The molecule has 1 fully saturated rings. The fourth-order valence-electron chi connectivity index (χ4n) is 1.56. The van der Waals surface area contributed by atoms with Crippen LogP contribution in [-0.2, 0) is 20.9 Å². The lowest BCUT2D eigenvalue weighted by Crippen LogP contribution is -2.20. The van der Waals surface area contributed by atoms with Gasteiger partial charge in [0.2, 0.25) is 0 Å². The molecule has 1 aliphatic heterocycles. The van der Waals surface area contributed by atoms with Crippen LogP contribution in [0.15, 0.2) is 24.3 Å². The van der Waals surface area contributed by atoms with Crippen LogP contribution in [0.1, 0.15) is 18.9 Å². The third kappa shape index (κ3) is 2.83. The van der Waals surface area contributed by atoms with E-state index < -0.39 is 6.64 Å². The quantitative estimate of drug-likeness (QED) is 0.822. The molecule has 3 nitrogen and oxygen atoms in total. The van der Waals surface area contributed by atoms with E-state index in [0.717, 1.165) is 17.7 Å². The van der Waals surface area contributed by atoms with E-state index in [2.05, 4.69) is 5.09 Å². The van der Waals surface area contributed by atoms with Gasteiger partial charge in [0.05, 0.1) is 12.7 Å². The lowest BCUT2D eigenvalue weighted by atomic mass is 10.2. The van der Waals surface area contributed by atoms with E-state index in [1.165, 1.54) is 0 Å². The Kier molecular flexibility index (Phi) is 3.65. The zero-order valence-electron chi connectivity index (χ0n) is 9.47. The van der Waals surface area contributed by atoms with Crippen LogP contribution in [0.25, 0.3) is 0 Å². The number of para-hydroxylation sites is 1. The Morgan fingerprint density at radius 3 is 2.88 bits per heavy atom. The summed E-state index contributed by atoms with van der Waals surface area (Å²) in [5.74, 6) is 0. The van der Waals surface area contributed by atoms with Gasteiger partial charge in [-0.3, -0.25) is 0 Å². The minimum atomic E-state index is -2.34. The number of nitrogens with one attached hydrogen (secondary N) is 1. The van der Waals surface area contributed by atoms with Crippen LogP contribution in [0, 0.1) is 6.92 Å². The molecule has 1 aliphatic rings. The van der Waals surface area contributed by atoms with E-state index in [9.17, 15) is 0 Å². The highest BCUT2D eigenvalue weighted by atomic mass is 32.5. The molecule has 88 valence electrons. The van der Waals surface area contributed by atoms with Gasteiger partial charge in [-0.2, -0.15) is 0 Å². The van der Waals surface area contributed by atoms with Crippen LogP contribution < -0.4 is 5.09 Å². The Labute approximate surface area is 101 Å². The molecule has 0 radical (unpaired) electrons. The molecule has 2 rings (SSSR count). The van der Waals surface area contributed by atoms with Gasteiger partial charge in [0.1, 0.15) is 0 Å². The second kappa shape index (κ2) is 4.84. The molecule has 0 spiro atoms. The van der Waals surface area contributed by atoms with E-state index >= 15 is 0 Å². The summed E-state index contributed by atoms with van der Waals surface area (Å²) < 4.78 is 11.3. The van der Waals surface area contributed by atoms with E-state index in [-0.39, 0.29) is 6.10 Å². The summed E-state index contributed by atoms with van der Waals surface area (Å²) >= 11 is 5.43. The summed E-state index contributed by atoms with van der Waals surface area (Å²) in [6.45, 7) is 2.41. The number of hydrogen-bond donors (Lipinski definition) is 1. The summed E-state index contributed by atoms with van der Waals surface area (Å²) in [5, 5.41) is 3.24. The van der Waals surface area contributed by atoms with Gasteiger partial charge in [-0.15, -0.1) is 0 Å². The number of rotatable bonds is 2. The normalized spacial score (nSPS) is 30.0. The molecule has 1 saturated heterocycles. The molecule has 0 amide bonds. The van der Waals surface area contributed by atoms with Crippen molar-refractivity contribution in [3.05, 3.63) is 29.8 Å². The summed E-state index contributed by atoms with van der Waals surface area (Å²) in [5.41, 5.74) is 2.15. The lowest BCUT2D eigenvalue weighted by Gasteiger charge is -2.31. The van der Waals surface area contributed by atoms with Crippen molar-refractivity contribution >= 4 is 24.1 Å². The smallest absolute Gasteiger partial charge is 0.287 e. The first kappa shape index (κ1) is 12.1. The zero-order chi connectivity index (χ0) is 11.6. The molecule has 16 heavy (non-hydrogen) atoms. The maximum Gasteiger partial charge on any atom is 0.287 e. The Hall–Kier alpha value is -0.410. The molecular formula is C11H16NO2PS. The number of hydrogen-bond acceptors (Lipinski definition) is 3. The van der Waals surface area contributed by atoms with Crippen LogP contribution in [0.4, 0.5) is 5.69 Å². The minimum Gasteiger partial charge on any atom is -0.315 e. The lowest BCUT2D eigenvalue weighted by molar-refractivity contribution is 0.121. The predicted molar refractivity (Wildman–Crippen MR) is 70.2 cm³/mol. The summed E-state index contributed by atoms with van der Waals surface area (Å²) in [7, 11) is 0. The van der Waals surface area contributed by atoms with Crippen LogP contribution in [0.3, 0.4) is 0 Å². The van der Waals surface area contributed by atoms with Crippen molar-refractivity contribution in [3.63, 3.8) is 0 Å². The molecule has 0 saturated carbocycles. The van der Waals surface area contributed by atoms with Crippen molar-refractivity contribution in [3.8, 4) is 0 Å². The maximum atomic E-state index is 5.73. The third-order valence-corrected chi connectivity index (χ3v) is 5.03. The number of benzene rings is 1. The van der Waals surface area contributed by atoms with Gasteiger partial charge in [0.15, 0.2) is 0 Å². The van der Waals surface area contributed by atoms with Crippen molar-refractivity contribution in [1.29, 1.82) is 0 Å². The largest absolute Gasteiger partial charge is 0.315 e. The highest BCUT2D eigenvalue weighted by Crippen LogP contribution is 2.52. The van der Waals surface area contributed by atoms with Crippen molar-refractivity contribution in [2.24, 2.45) is 0 Å². The first-order valence-corrected chi connectivity index (χ1v) is 8.00. The first-order valence-electron chi connectivity index (χ1n) is 5.36. The summed E-state index contributed by atoms with van der Waals surface area (Å²) in [6.07, 6.45) is 1.09. The monoisotopic (exact) mass is 257 g/mol. The van der Waals surface area contributed by atoms with Crippen molar-refractivity contribution in [2.45, 2.75) is 26.4 Å². The highest BCUT2D eigenvalue weighted by molar-refractivity contribution is 8.10. The number of aryl methyl sites for hydroxylation is 1. The minimum absolute atomic E-state index is 0.177. The molecule has 1 heterocycles. The zero-order valence-corrected chi connectivity index (χ0v) is 11.2. The van der Waals surface area contributed by atoms with Gasteiger partial charge < -0.3 is 14.1 Å². The second-order valence-corrected chi connectivity index (χ2v) is 7.09. The van der Waals surface area contributed by atoms with Crippen molar-refractivity contribution in [1.82, 2.24) is 0 Å². The average molecular weight is 257 g/mol. The third-order valence-electron chi connectivity index (χ3n) is 2.51. The standard InChI is InChI=1S/C11H16NO2PS/c1-9-5-3-4-6-11(9)12-15(16)13-8-7-10(2)14-15/h3-6,10H,7-8H2,1-2H3,(H,12,16). The molecule has 5 heteroatoms. The van der Waals surface area contributed by atoms with E-state index in [1.54, 1.807) is 0 Å². The topological polar surface area (TPSA) is 30.5 Å². The van der Waals surface area contributed by atoms with Gasteiger partial charge in [-0.25, -0.2) is 0 Å². The molecule has 2 atom stereocenters. The van der Waals surface area contributed by atoms with Crippen LogP contribution in [-0.4, -0.2) is 12.7 Å². The Morgan fingerprint density at radius 1 is 1.44 bits per heavy atom. The second-order valence-electron chi connectivity index (χ2n) is 3.96. The number of anilines is 1. The Balaban J connectivity index is 2.15. The molecular weight excluding hydrogens is 241 g/mol. The fourth-order valence-corrected chi connectivity index (χ4v) is 4.17. The van der Waals surface area contributed by atoms with Crippen LogP contribution in [0.5, 0.6) is 0 Å². The summed E-state index contributed by atoms with van der Waals surface area (Å²) in [4.78, 5) is 0. The molecule has 0 aromatic heterocycles. The van der Waals surface area contributed by atoms with Gasteiger partial charge >= 0.3 is 0 Å². The molecule has 1 aromatic carbocycles.